The summed E-state index contributed by atoms with van der Waals surface area (Å²) in [6.45, 7) is 7.80. The molecule has 2 rings (SSSR count). The fourth-order valence-corrected chi connectivity index (χ4v) is 3.08. The number of nitrogens with one attached hydrogen (secondary N) is 1. The fourth-order valence-electron chi connectivity index (χ4n) is 3.08. The molecule has 5 heteroatoms. The number of ether oxygens (including phenoxy) is 2. The molecule has 0 aliphatic carbocycles. The van der Waals surface area contributed by atoms with E-state index in [-0.39, 0.29) is 5.97 Å². The average Bonchev–Trinajstić information content (AvgIpc) is 2.56. The van der Waals surface area contributed by atoms with E-state index in [1.54, 1.807) is 7.11 Å². The highest BCUT2D eigenvalue weighted by Crippen LogP contribution is 2.34. The van der Waals surface area contributed by atoms with Gasteiger partial charge < -0.3 is 14.8 Å². The van der Waals surface area contributed by atoms with Crippen molar-refractivity contribution in [2.75, 3.05) is 33.3 Å². The zero-order valence-corrected chi connectivity index (χ0v) is 14.4. The molecule has 0 radical (unpaired) electrons. The van der Waals surface area contributed by atoms with Crippen LogP contribution in [-0.2, 0) is 4.79 Å². The van der Waals surface area contributed by atoms with Gasteiger partial charge in [0.05, 0.1) is 7.11 Å². The first-order valence-corrected chi connectivity index (χ1v) is 8.46. The predicted octanol–water partition coefficient (Wildman–Crippen LogP) is 2.76. The Morgan fingerprint density at radius 3 is 2.65 bits per heavy atom. The van der Waals surface area contributed by atoms with Crippen molar-refractivity contribution < 1.29 is 14.3 Å². The molecule has 1 heterocycles. The largest absolute Gasteiger partial charge is 0.493 e. The Morgan fingerprint density at radius 2 is 2.04 bits per heavy atom. The third-order valence-electron chi connectivity index (χ3n) is 4.25. The third-order valence-corrected chi connectivity index (χ3v) is 4.25. The van der Waals surface area contributed by atoms with E-state index in [1.807, 2.05) is 12.1 Å². The molecule has 1 aromatic carbocycles. The van der Waals surface area contributed by atoms with E-state index in [0.29, 0.717) is 17.5 Å². The van der Waals surface area contributed by atoms with Gasteiger partial charge in [-0.1, -0.05) is 25.8 Å². The van der Waals surface area contributed by atoms with E-state index in [4.69, 9.17) is 9.47 Å². The highest BCUT2D eigenvalue weighted by Gasteiger charge is 2.23. The molecule has 0 amide bonds. The smallest absolute Gasteiger partial charge is 0.308 e. The summed E-state index contributed by atoms with van der Waals surface area (Å²) in [5.74, 6) is 0.772. The number of rotatable bonds is 7. The van der Waals surface area contributed by atoms with Crippen molar-refractivity contribution in [3.05, 3.63) is 23.8 Å². The molecule has 1 atom stereocenters. The number of benzene rings is 1. The Labute approximate surface area is 139 Å². The molecular weight excluding hydrogens is 292 g/mol. The molecule has 1 N–H and O–H groups in total. The lowest BCUT2D eigenvalue weighted by molar-refractivity contribution is -0.132. The van der Waals surface area contributed by atoms with E-state index in [9.17, 15) is 4.79 Å². The minimum Gasteiger partial charge on any atom is -0.493 e. The van der Waals surface area contributed by atoms with Crippen molar-refractivity contribution in [3.63, 3.8) is 0 Å². The number of carbonyl (C=O) groups excluding carboxylic acids is 1. The normalized spacial score (nSPS) is 16.8. The van der Waals surface area contributed by atoms with E-state index >= 15 is 0 Å². The van der Waals surface area contributed by atoms with Crippen LogP contribution in [0.3, 0.4) is 0 Å². The van der Waals surface area contributed by atoms with Crippen molar-refractivity contribution in [1.29, 1.82) is 0 Å². The molecule has 0 unspecified atom stereocenters. The number of esters is 1. The Bertz CT molecular complexity index is 513. The molecule has 1 aliphatic rings. The van der Waals surface area contributed by atoms with Crippen molar-refractivity contribution in [1.82, 2.24) is 10.2 Å². The summed E-state index contributed by atoms with van der Waals surface area (Å²) in [5, 5.41) is 3.41. The first kappa shape index (κ1) is 17.8. The van der Waals surface area contributed by atoms with Gasteiger partial charge in [-0.05, 0) is 24.1 Å². The number of hydrogen-bond acceptors (Lipinski definition) is 5. The molecule has 0 saturated carbocycles. The Morgan fingerprint density at radius 1 is 1.30 bits per heavy atom. The molecular formula is C18H28N2O3. The van der Waals surface area contributed by atoms with Crippen molar-refractivity contribution >= 4 is 5.97 Å². The van der Waals surface area contributed by atoms with Crippen LogP contribution < -0.4 is 14.8 Å². The van der Waals surface area contributed by atoms with Crippen LogP contribution >= 0.6 is 0 Å². The number of methoxy groups -OCH3 is 1. The van der Waals surface area contributed by atoms with Crippen LogP contribution in [0.2, 0.25) is 0 Å². The molecule has 128 valence electrons. The number of hydrogen-bond donors (Lipinski definition) is 1. The van der Waals surface area contributed by atoms with Crippen LogP contribution in [-0.4, -0.2) is 44.2 Å². The maximum atomic E-state index is 11.2. The van der Waals surface area contributed by atoms with Gasteiger partial charge in [0, 0.05) is 39.1 Å². The third kappa shape index (κ3) is 4.94. The van der Waals surface area contributed by atoms with E-state index in [0.717, 1.165) is 32.6 Å². The number of piperazine rings is 1. The van der Waals surface area contributed by atoms with Gasteiger partial charge in [-0.2, -0.15) is 0 Å². The first-order chi connectivity index (χ1) is 11.2. The second kappa shape index (κ2) is 8.89. The molecule has 0 bridgehead atoms. The van der Waals surface area contributed by atoms with Gasteiger partial charge >= 0.3 is 5.97 Å². The van der Waals surface area contributed by atoms with E-state index < -0.39 is 0 Å². The highest BCUT2D eigenvalue weighted by molar-refractivity contribution is 5.70. The summed E-state index contributed by atoms with van der Waals surface area (Å²) < 4.78 is 10.6. The van der Waals surface area contributed by atoms with Crippen LogP contribution in [0.15, 0.2) is 18.2 Å². The second-order valence-electron chi connectivity index (χ2n) is 5.95. The zero-order valence-electron chi connectivity index (χ0n) is 14.4. The topological polar surface area (TPSA) is 50.8 Å². The van der Waals surface area contributed by atoms with E-state index in [2.05, 4.69) is 23.2 Å². The lowest BCUT2D eigenvalue weighted by atomic mass is 9.98. The quantitative estimate of drug-likeness (QED) is 0.618. The van der Waals surface area contributed by atoms with Gasteiger partial charge in [-0.15, -0.1) is 0 Å². The lowest BCUT2D eigenvalue weighted by Gasteiger charge is -2.35. The van der Waals surface area contributed by atoms with Crippen LogP contribution in [0, 0.1) is 0 Å². The number of carbonyl (C=O) groups is 1. The van der Waals surface area contributed by atoms with Gasteiger partial charge in [0.25, 0.3) is 0 Å². The standard InChI is InChI=1S/C18H28N2O3/c1-4-5-6-16(20-11-9-19-10-12-20)15-7-8-17(23-14(2)21)18(13-15)22-3/h7-8,13,16,19H,4-6,9-12H2,1-3H3/t16-/m1/s1. The van der Waals surface area contributed by atoms with Gasteiger partial charge in [0.1, 0.15) is 0 Å². The number of nitrogens with zero attached hydrogens (tertiary/aromatic N) is 1. The van der Waals surface area contributed by atoms with Gasteiger partial charge in [-0.25, -0.2) is 0 Å². The average molecular weight is 320 g/mol. The summed E-state index contributed by atoms with van der Waals surface area (Å²) in [6.07, 6.45) is 3.51. The highest BCUT2D eigenvalue weighted by atomic mass is 16.6. The summed E-state index contributed by atoms with van der Waals surface area (Å²) in [4.78, 5) is 13.7. The number of unbranched alkanes of at least 4 members (excludes halogenated alkanes) is 1. The predicted molar refractivity (Wildman–Crippen MR) is 91.0 cm³/mol. The fraction of sp³-hybridized carbons (Fsp3) is 0.611. The molecule has 0 spiro atoms. The minimum atomic E-state index is -0.333. The zero-order chi connectivity index (χ0) is 16.7. The Hall–Kier alpha value is -1.59. The summed E-state index contributed by atoms with van der Waals surface area (Å²) in [7, 11) is 1.61. The molecule has 5 nitrogen and oxygen atoms in total. The summed E-state index contributed by atoms with van der Waals surface area (Å²) in [6, 6.07) is 6.30. The first-order valence-electron chi connectivity index (χ1n) is 8.46. The molecule has 0 aromatic heterocycles. The van der Waals surface area contributed by atoms with Crippen molar-refractivity contribution in [2.24, 2.45) is 0 Å². The lowest BCUT2D eigenvalue weighted by Crippen LogP contribution is -2.45. The van der Waals surface area contributed by atoms with Crippen LogP contribution in [0.25, 0.3) is 0 Å². The van der Waals surface area contributed by atoms with Crippen molar-refractivity contribution in [3.8, 4) is 11.5 Å². The van der Waals surface area contributed by atoms with Gasteiger partial charge in [0.2, 0.25) is 0 Å². The summed E-state index contributed by atoms with van der Waals surface area (Å²) in [5.41, 5.74) is 1.23. The van der Waals surface area contributed by atoms with Gasteiger partial charge in [0.15, 0.2) is 11.5 Å². The Balaban J connectivity index is 2.24. The van der Waals surface area contributed by atoms with Gasteiger partial charge in [-0.3, -0.25) is 9.69 Å². The maximum Gasteiger partial charge on any atom is 0.308 e. The van der Waals surface area contributed by atoms with Crippen LogP contribution in [0.4, 0.5) is 0 Å². The monoisotopic (exact) mass is 320 g/mol. The molecule has 1 fully saturated rings. The van der Waals surface area contributed by atoms with E-state index in [1.165, 1.54) is 25.3 Å². The maximum absolute atomic E-state index is 11.2. The Kier molecular flexibility index (Phi) is 6.86. The SMILES string of the molecule is CCCC[C@H](c1ccc(OC(C)=O)c(OC)c1)N1CCNCC1. The molecule has 1 saturated heterocycles. The molecule has 23 heavy (non-hydrogen) atoms. The second-order valence-corrected chi connectivity index (χ2v) is 5.95. The minimum absolute atomic E-state index is 0.333. The van der Waals surface area contributed by atoms with Crippen LogP contribution in [0.5, 0.6) is 11.5 Å². The molecule has 1 aliphatic heterocycles. The summed E-state index contributed by atoms with van der Waals surface area (Å²) >= 11 is 0. The van der Waals surface area contributed by atoms with Crippen LogP contribution in [0.1, 0.15) is 44.7 Å². The van der Waals surface area contributed by atoms with Crippen molar-refractivity contribution in [2.45, 2.75) is 39.2 Å². The molecule has 1 aromatic rings.